The molecule has 1 N–H and O–H groups in total. The molecule has 1 aromatic rings. The van der Waals surface area contributed by atoms with Crippen molar-refractivity contribution in [1.82, 2.24) is 4.98 Å². The SMILES string of the molecule is CC(C)C(=O)Nc1nc2c(s1)CCC2. The number of aromatic nitrogens is 1. The monoisotopic (exact) mass is 210 g/mol. The summed E-state index contributed by atoms with van der Waals surface area (Å²) in [6.45, 7) is 3.77. The zero-order chi connectivity index (χ0) is 10.1. The minimum absolute atomic E-state index is 0.0220. The van der Waals surface area contributed by atoms with Crippen LogP contribution in [0.3, 0.4) is 0 Å². The van der Waals surface area contributed by atoms with Crippen molar-refractivity contribution in [1.29, 1.82) is 0 Å². The summed E-state index contributed by atoms with van der Waals surface area (Å²) in [4.78, 5) is 17.1. The van der Waals surface area contributed by atoms with Crippen LogP contribution in [0.5, 0.6) is 0 Å². The molecule has 1 heterocycles. The van der Waals surface area contributed by atoms with Crippen molar-refractivity contribution in [3.63, 3.8) is 0 Å². The number of carbonyl (C=O) groups is 1. The van der Waals surface area contributed by atoms with Gasteiger partial charge in [-0.2, -0.15) is 0 Å². The van der Waals surface area contributed by atoms with Gasteiger partial charge in [0.15, 0.2) is 5.13 Å². The van der Waals surface area contributed by atoms with E-state index in [-0.39, 0.29) is 11.8 Å². The van der Waals surface area contributed by atoms with Crippen LogP contribution in [0, 0.1) is 5.92 Å². The van der Waals surface area contributed by atoms with E-state index in [1.54, 1.807) is 11.3 Å². The predicted octanol–water partition coefficient (Wildman–Crippen LogP) is 2.23. The third kappa shape index (κ3) is 1.80. The van der Waals surface area contributed by atoms with Crippen LogP contribution in [0.25, 0.3) is 0 Å². The van der Waals surface area contributed by atoms with E-state index in [4.69, 9.17) is 0 Å². The highest BCUT2D eigenvalue weighted by Gasteiger charge is 2.18. The van der Waals surface area contributed by atoms with Gasteiger partial charge in [0.1, 0.15) is 0 Å². The summed E-state index contributed by atoms with van der Waals surface area (Å²) >= 11 is 1.62. The second-order valence-electron chi connectivity index (χ2n) is 3.89. The zero-order valence-electron chi connectivity index (χ0n) is 8.46. The van der Waals surface area contributed by atoms with E-state index in [1.807, 2.05) is 13.8 Å². The Hall–Kier alpha value is -0.900. The standard InChI is InChI=1S/C10H14N2OS/c1-6(2)9(13)12-10-11-7-4-3-5-8(7)14-10/h6H,3-5H2,1-2H3,(H,11,12,13). The van der Waals surface area contributed by atoms with Crippen LogP contribution in [0.2, 0.25) is 0 Å². The Morgan fingerprint density at radius 1 is 1.50 bits per heavy atom. The normalized spacial score (nSPS) is 14.5. The molecule has 0 aliphatic heterocycles. The van der Waals surface area contributed by atoms with Crippen LogP contribution < -0.4 is 5.32 Å². The van der Waals surface area contributed by atoms with E-state index >= 15 is 0 Å². The molecule has 14 heavy (non-hydrogen) atoms. The van der Waals surface area contributed by atoms with Gasteiger partial charge in [-0.15, -0.1) is 11.3 Å². The molecule has 0 saturated heterocycles. The molecular weight excluding hydrogens is 196 g/mol. The highest BCUT2D eigenvalue weighted by Crippen LogP contribution is 2.30. The first kappa shape index (κ1) is 9.65. The van der Waals surface area contributed by atoms with Crippen molar-refractivity contribution in [3.8, 4) is 0 Å². The summed E-state index contributed by atoms with van der Waals surface area (Å²) in [7, 11) is 0. The van der Waals surface area contributed by atoms with Gasteiger partial charge in [0.05, 0.1) is 5.69 Å². The second kappa shape index (κ2) is 3.69. The van der Waals surface area contributed by atoms with Crippen molar-refractivity contribution in [3.05, 3.63) is 10.6 Å². The van der Waals surface area contributed by atoms with Crippen molar-refractivity contribution in [2.24, 2.45) is 5.92 Å². The lowest BCUT2D eigenvalue weighted by atomic mass is 10.2. The average molecular weight is 210 g/mol. The predicted molar refractivity (Wildman–Crippen MR) is 57.6 cm³/mol. The van der Waals surface area contributed by atoms with Crippen LogP contribution in [0.1, 0.15) is 30.8 Å². The number of rotatable bonds is 2. The summed E-state index contributed by atoms with van der Waals surface area (Å²) in [5.74, 6) is 0.0752. The molecule has 0 bridgehead atoms. The number of thiazole rings is 1. The minimum atomic E-state index is 0.0220. The summed E-state index contributed by atoms with van der Waals surface area (Å²) in [5, 5.41) is 3.61. The molecule has 0 fully saturated rings. The van der Waals surface area contributed by atoms with Crippen LogP contribution in [0.4, 0.5) is 5.13 Å². The van der Waals surface area contributed by atoms with Crippen molar-refractivity contribution in [2.45, 2.75) is 33.1 Å². The molecule has 0 unspecified atom stereocenters. The maximum Gasteiger partial charge on any atom is 0.228 e. The summed E-state index contributed by atoms with van der Waals surface area (Å²) < 4.78 is 0. The fraction of sp³-hybridized carbons (Fsp3) is 0.600. The highest BCUT2D eigenvalue weighted by molar-refractivity contribution is 7.15. The molecule has 3 nitrogen and oxygen atoms in total. The Morgan fingerprint density at radius 2 is 2.29 bits per heavy atom. The van der Waals surface area contributed by atoms with Crippen molar-refractivity contribution >= 4 is 22.4 Å². The smallest absolute Gasteiger partial charge is 0.228 e. The quantitative estimate of drug-likeness (QED) is 0.813. The molecule has 0 atom stereocenters. The van der Waals surface area contributed by atoms with Crippen LogP contribution >= 0.6 is 11.3 Å². The molecular formula is C10H14N2OS. The second-order valence-corrected chi connectivity index (χ2v) is 4.97. The van der Waals surface area contributed by atoms with E-state index in [0.29, 0.717) is 0 Å². The number of carbonyl (C=O) groups excluding carboxylic acids is 1. The number of fused-ring (bicyclic) bond motifs is 1. The molecule has 1 amide bonds. The molecule has 0 spiro atoms. The first-order chi connectivity index (χ1) is 6.66. The van der Waals surface area contributed by atoms with E-state index in [0.717, 1.165) is 18.0 Å². The summed E-state index contributed by atoms with van der Waals surface area (Å²) in [6, 6.07) is 0. The Balaban J connectivity index is 2.07. The number of anilines is 1. The van der Waals surface area contributed by atoms with E-state index in [2.05, 4.69) is 10.3 Å². The Morgan fingerprint density at radius 3 is 2.93 bits per heavy atom. The third-order valence-electron chi connectivity index (χ3n) is 2.35. The van der Waals surface area contributed by atoms with Crippen LogP contribution in [0.15, 0.2) is 0 Å². The van der Waals surface area contributed by atoms with Gasteiger partial charge in [-0.25, -0.2) is 4.98 Å². The van der Waals surface area contributed by atoms with Gasteiger partial charge in [0.25, 0.3) is 0 Å². The fourth-order valence-electron chi connectivity index (χ4n) is 1.49. The largest absolute Gasteiger partial charge is 0.302 e. The molecule has 1 aliphatic rings. The van der Waals surface area contributed by atoms with E-state index in [9.17, 15) is 4.79 Å². The molecule has 0 radical (unpaired) electrons. The Bertz CT molecular complexity index is 336. The van der Waals surface area contributed by atoms with E-state index < -0.39 is 0 Å². The molecule has 2 rings (SSSR count). The van der Waals surface area contributed by atoms with Crippen molar-refractivity contribution in [2.75, 3.05) is 5.32 Å². The van der Waals surface area contributed by atoms with Crippen molar-refractivity contribution < 1.29 is 4.79 Å². The fourth-order valence-corrected chi connectivity index (χ4v) is 2.55. The zero-order valence-corrected chi connectivity index (χ0v) is 9.28. The molecule has 0 saturated carbocycles. The van der Waals surface area contributed by atoms with Gasteiger partial charge < -0.3 is 5.32 Å². The number of nitrogens with zero attached hydrogens (tertiary/aromatic N) is 1. The topological polar surface area (TPSA) is 42.0 Å². The third-order valence-corrected chi connectivity index (χ3v) is 3.42. The van der Waals surface area contributed by atoms with Gasteiger partial charge in [0.2, 0.25) is 5.91 Å². The first-order valence-corrected chi connectivity index (χ1v) is 5.78. The number of aryl methyl sites for hydroxylation is 2. The number of nitrogens with one attached hydrogen (secondary N) is 1. The Kier molecular flexibility index (Phi) is 2.54. The molecule has 1 aromatic heterocycles. The summed E-state index contributed by atoms with van der Waals surface area (Å²) in [6.07, 6.45) is 3.42. The lowest BCUT2D eigenvalue weighted by Gasteiger charge is -2.03. The summed E-state index contributed by atoms with van der Waals surface area (Å²) in [5.41, 5.74) is 1.19. The molecule has 4 heteroatoms. The maximum atomic E-state index is 11.4. The Labute approximate surface area is 87.6 Å². The molecule has 76 valence electrons. The molecule has 1 aliphatic carbocycles. The average Bonchev–Trinajstić information content (AvgIpc) is 2.63. The van der Waals surface area contributed by atoms with Gasteiger partial charge in [-0.05, 0) is 19.3 Å². The number of amides is 1. The number of hydrogen-bond donors (Lipinski definition) is 1. The minimum Gasteiger partial charge on any atom is -0.302 e. The lowest BCUT2D eigenvalue weighted by Crippen LogP contribution is -2.17. The van der Waals surface area contributed by atoms with Crippen LogP contribution in [-0.4, -0.2) is 10.9 Å². The van der Waals surface area contributed by atoms with Crippen LogP contribution in [-0.2, 0) is 17.6 Å². The highest BCUT2D eigenvalue weighted by atomic mass is 32.1. The van der Waals surface area contributed by atoms with Gasteiger partial charge in [-0.3, -0.25) is 4.79 Å². The molecule has 0 aromatic carbocycles. The lowest BCUT2D eigenvalue weighted by molar-refractivity contribution is -0.118. The van der Waals surface area contributed by atoms with Gasteiger partial charge in [0, 0.05) is 10.8 Å². The maximum absolute atomic E-state index is 11.4. The van der Waals surface area contributed by atoms with E-state index in [1.165, 1.54) is 17.0 Å². The van der Waals surface area contributed by atoms with Gasteiger partial charge >= 0.3 is 0 Å². The van der Waals surface area contributed by atoms with Gasteiger partial charge in [-0.1, -0.05) is 13.8 Å². The number of hydrogen-bond acceptors (Lipinski definition) is 3. The first-order valence-electron chi connectivity index (χ1n) is 4.96.